The number of nitrogens with one attached hydrogen (secondary N) is 1. The number of rotatable bonds is 2. The minimum Gasteiger partial charge on any atom is -0.346 e. The Morgan fingerprint density at radius 2 is 2.04 bits per heavy atom. The van der Waals surface area contributed by atoms with Crippen molar-refractivity contribution >= 4 is 39.7 Å². The third kappa shape index (κ3) is 2.90. The minimum atomic E-state index is -0.00503. The highest BCUT2D eigenvalue weighted by Crippen LogP contribution is 2.39. The van der Waals surface area contributed by atoms with Crippen LogP contribution in [-0.4, -0.2) is 35.5 Å². The number of nitriles is 1. The fraction of sp³-hybridized carbons (Fsp3) is 0.500. The van der Waals surface area contributed by atoms with Gasteiger partial charge in [0.1, 0.15) is 6.07 Å². The summed E-state index contributed by atoms with van der Waals surface area (Å²) in [4.78, 5) is 16.1. The highest BCUT2D eigenvalue weighted by Gasteiger charge is 2.48. The average Bonchev–Trinajstić information content (AvgIpc) is 3.02. The zero-order valence-corrected chi connectivity index (χ0v) is 17.0. The molecule has 26 heavy (non-hydrogen) atoms. The number of aryl methyl sites for hydroxylation is 1. The van der Waals surface area contributed by atoms with Crippen LogP contribution in [-0.2, 0) is 0 Å². The highest BCUT2D eigenvalue weighted by molar-refractivity contribution is 7.21. The summed E-state index contributed by atoms with van der Waals surface area (Å²) in [6, 6.07) is 8.33. The molecule has 0 radical (unpaired) electrons. The number of carbonyl (C=O) groups is 1. The van der Waals surface area contributed by atoms with Crippen LogP contribution in [0.4, 0.5) is 0 Å². The van der Waals surface area contributed by atoms with E-state index < -0.39 is 0 Å². The van der Waals surface area contributed by atoms with E-state index in [9.17, 15) is 10.1 Å². The number of thiophene rings is 1. The van der Waals surface area contributed by atoms with Gasteiger partial charge >= 0.3 is 0 Å². The van der Waals surface area contributed by atoms with Gasteiger partial charge in [0.25, 0.3) is 5.91 Å². The molecule has 1 atom stereocenters. The van der Waals surface area contributed by atoms with Crippen LogP contribution < -0.4 is 5.32 Å². The summed E-state index contributed by atoms with van der Waals surface area (Å²) in [5.41, 5.74) is 1.65. The molecule has 0 saturated carbocycles. The van der Waals surface area contributed by atoms with Gasteiger partial charge in [0.2, 0.25) is 0 Å². The fourth-order valence-electron chi connectivity index (χ4n) is 4.54. The Balaban J connectivity index is 0.00000196. The molecule has 2 bridgehead atoms. The van der Waals surface area contributed by atoms with E-state index in [4.69, 9.17) is 0 Å². The van der Waals surface area contributed by atoms with E-state index in [-0.39, 0.29) is 29.9 Å². The van der Waals surface area contributed by atoms with Crippen LogP contribution in [0.1, 0.15) is 47.5 Å². The second-order valence-electron chi connectivity index (χ2n) is 7.83. The number of carbonyl (C=O) groups excluding carboxylic acids is 1. The summed E-state index contributed by atoms with van der Waals surface area (Å²) in [5.74, 6) is 0.560. The van der Waals surface area contributed by atoms with E-state index in [1.807, 2.05) is 25.1 Å². The number of fused-ring (bicyclic) bond motifs is 4. The smallest absolute Gasteiger partial charge is 0.261 e. The predicted octanol–water partition coefficient (Wildman–Crippen LogP) is 4.11. The summed E-state index contributed by atoms with van der Waals surface area (Å²) in [5, 5.41) is 13.7. The molecular weight excluding hydrogens is 366 g/mol. The number of hydrogen-bond acceptors (Lipinski definition) is 4. The summed E-state index contributed by atoms with van der Waals surface area (Å²) < 4.78 is 0.917. The van der Waals surface area contributed by atoms with Crippen molar-refractivity contribution in [1.29, 1.82) is 5.26 Å². The van der Waals surface area contributed by atoms with E-state index in [0.29, 0.717) is 16.4 Å². The van der Waals surface area contributed by atoms with Crippen LogP contribution >= 0.6 is 23.7 Å². The molecule has 3 aliphatic heterocycles. The summed E-state index contributed by atoms with van der Waals surface area (Å²) in [6.45, 7) is 8.69. The minimum absolute atomic E-state index is 0. The molecule has 4 nitrogen and oxygen atoms in total. The molecule has 1 aromatic heterocycles. The Kier molecular flexibility index (Phi) is 5.04. The molecule has 3 aliphatic rings. The van der Waals surface area contributed by atoms with Gasteiger partial charge in [-0.3, -0.25) is 9.69 Å². The molecule has 6 heteroatoms. The van der Waals surface area contributed by atoms with Gasteiger partial charge in [0.15, 0.2) is 0 Å². The molecule has 138 valence electrons. The summed E-state index contributed by atoms with van der Waals surface area (Å²) >= 11 is 1.43. The van der Waals surface area contributed by atoms with Crippen LogP contribution in [0, 0.1) is 24.2 Å². The predicted molar refractivity (Wildman–Crippen MR) is 108 cm³/mol. The lowest BCUT2D eigenvalue weighted by Crippen LogP contribution is -2.69. The maximum atomic E-state index is 12.9. The van der Waals surface area contributed by atoms with Crippen LogP contribution in [0.25, 0.3) is 10.1 Å². The number of benzene rings is 1. The Hall–Kier alpha value is -1.61. The van der Waals surface area contributed by atoms with Gasteiger partial charge in [-0.15, -0.1) is 23.7 Å². The van der Waals surface area contributed by atoms with Crippen molar-refractivity contribution in [2.45, 2.75) is 45.2 Å². The largest absolute Gasteiger partial charge is 0.346 e. The van der Waals surface area contributed by atoms with Gasteiger partial charge in [-0.25, -0.2) is 0 Å². The molecule has 1 N–H and O–H groups in total. The Labute approximate surface area is 164 Å². The van der Waals surface area contributed by atoms with Gasteiger partial charge < -0.3 is 5.32 Å². The van der Waals surface area contributed by atoms with Gasteiger partial charge in [-0.1, -0.05) is 12.1 Å². The van der Waals surface area contributed by atoms with E-state index >= 15 is 0 Å². The lowest BCUT2D eigenvalue weighted by atomic mass is 9.72. The second kappa shape index (κ2) is 6.84. The molecule has 0 spiro atoms. The topological polar surface area (TPSA) is 56.1 Å². The first-order chi connectivity index (χ1) is 11.9. The zero-order valence-electron chi connectivity index (χ0n) is 15.3. The van der Waals surface area contributed by atoms with Crippen molar-refractivity contribution in [3.05, 3.63) is 34.2 Å². The maximum absolute atomic E-state index is 12.9. The Morgan fingerprint density at radius 3 is 2.65 bits per heavy atom. The first kappa shape index (κ1) is 19.2. The van der Waals surface area contributed by atoms with Crippen LogP contribution in [0.5, 0.6) is 0 Å². The zero-order chi connectivity index (χ0) is 17.8. The fourth-order valence-corrected chi connectivity index (χ4v) is 5.65. The second-order valence-corrected chi connectivity index (χ2v) is 8.88. The third-order valence-corrected chi connectivity index (χ3v) is 7.27. The molecule has 0 aliphatic carbocycles. The third-order valence-electron chi connectivity index (χ3n) is 6.10. The number of hydrogen-bond donors (Lipinski definition) is 1. The molecule has 5 rings (SSSR count). The first-order valence-corrected chi connectivity index (χ1v) is 9.72. The van der Waals surface area contributed by atoms with Gasteiger partial charge in [0.05, 0.1) is 15.1 Å². The molecule has 4 heterocycles. The molecule has 1 amide bonds. The van der Waals surface area contributed by atoms with E-state index in [2.05, 4.69) is 30.1 Å². The van der Waals surface area contributed by atoms with Crippen LogP contribution in [0.15, 0.2) is 18.2 Å². The molecule has 2 aromatic rings. The molecule has 3 saturated heterocycles. The SMILES string of the molecule is Cc1ccc2cc(C(=O)N[C@@H]3C4CCN(CC4)C3(C)C)sc2c1C#N.Cl. The normalized spacial score (nSPS) is 26.2. The van der Waals surface area contributed by atoms with Crippen molar-refractivity contribution in [2.24, 2.45) is 5.92 Å². The Bertz CT molecular complexity index is 890. The van der Waals surface area contributed by atoms with Crippen LogP contribution in [0.3, 0.4) is 0 Å². The first-order valence-electron chi connectivity index (χ1n) is 8.91. The lowest BCUT2D eigenvalue weighted by molar-refractivity contribution is -0.0377. The summed E-state index contributed by atoms with van der Waals surface area (Å²) in [6.07, 6.45) is 2.33. The van der Waals surface area contributed by atoms with Crippen molar-refractivity contribution in [2.75, 3.05) is 13.1 Å². The van der Waals surface area contributed by atoms with E-state index in [1.165, 1.54) is 24.2 Å². The Morgan fingerprint density at radius 1 is 1.35 bits per heavy atom. The van der Waals surface area contributed by atoms with Gasteiger partial charge in [-0.2, -0.15) is 5.26 Å². The van der Waals surface area contributed by atoms with Gasteiger partial charge in [0, 0.05) is 11.6 Å². The summed E-state index contributed by atoms with van der Waals surface area (Å²) in [7, 11) is 0. The quantitative estimate of drug-likeness (QED) is 0.840. The molecular formula is C20H24ClN3OS. The number of amides is 1. The lowest BCUT2D eigenvalue weighted by Gasteiger charge is -2.56. The number of halogens is 1. The van der Waals surface area contributed by atoms with Crippen molar-refractivity contribution in [1.82, 2.24) is 10.2 Å². The van der Waals surface area contributed by atoms with Gasteiger partial charge in [-0.05, 0) is 69.6 Å². The number of piperidine rings is 3. The molecule has 3 fully saturated rings. The van der Waals surface area contributed by atoms with E-state index in [0.717, 1.165) is 28.7 Å². The van der Waals surface area contributed by atoms with Crippen molar-refractivity contribution < 1.29 is 4.79 Å². The van der Waals surface area contributed by atoms with E-state index in [1.54, 1.807) is 0 Å². The van der Waals surface area contributed by atoms with Crippen LogP contribution in [0.2, 0.25) is 0 Å². The maximum Gasteiger partial charge on any atom is 0.261 e. The van der Waals surface area contributed by atoms with Crippen molar-refractivity contribution in [3.63, 3.8) is 0 Å². The average molecular weight is 390 g/mol. The van der Waals surface area contributed by atoms with Crippen molar-refractivity contribution in [3.8, 4) is 6.07 Å². The standard InChI is InChI=1S/C20H23N3OS.ClH/c1-12-4-5-14-10-16(25-17(14)15(12)11-21)19(24)22-18-13-6-8-23(9-7-13)20(18,2)3;/h4-5,10,13,18H,6-9H2,1-3H3,(H,22,24);1H/t18-;/m1./s1. The number of nitrogens with zero attached hydrogens (tertiary/aromatic N) is 2. The monoisotopic (exact) mass is 389 g/mol. The molecule has 1 aromatic carbocycles. The molecule has 0 unspecified atom stereocenters. The highest BCUT2D eigenvalue weighted by atomic mass is 35.5.